The highest BCUT2D eigenvalue weighted by Crippen LogP contribution is 2.26. The minimum absolute atomic E-state index is 0. The molecule has 0 spiro atoms. The number of ether oxygens (including phenoxy) is 1. The Morgan fingerprint density at radius 3 is 2.96 bits per heavy atom. The van der Waals surface area contributed by atoms with Gasteiger partial charge >= 0.3 is 0 Å². The lowest BCUT2D eigenvalue weighted by Gasteiger charge is -2.21. The molecule has 1 saturated heterocycles. The molecule has 1 unspecified atom stereocenters. The van der Waals surface area contributed by atoms with Crippen LogP contribution in [0.5, 0.6) is 0 Å². The number of fused-ring (bicyclic) bond motifs is 1. The summed E-state index contributed by atoms with van der Waals surface area (Å²) in [6.45, 7) is 10.8. The molecule has 1 aromatic heterocycles. The summed E-state index contributed by atoms with van der Waals surface area (Å²) in [5.41, 5.74) is 1.66. The van der Waals surface area contributed by atoms with Crippen molar-refractivity contribution in [3.05, 3.63) is 35.3 Å². The van der Waals surface area contributed by atoms with Crippen LogP contribution in [0.4, 0.5) is 4.39 Å². The first-order valence-electron chi connectivity index (χ1n) is 9.40. The van der Waals surface area contributed by atoms with Crippen molar-refractivity contribution in [1.29, 1.82) is 0 Å². The summed E-state index contributed by atoms with van der Waals surface area (Å²) < 4.78 is 24.9. The number of halogens is 2. The third-order valence-corrected chi connectivity index (χ3v) is 4.85. The van der Waals surface area contributed by atoms with Gasteiger partial charge in [-0.2, -0.15) is 0 Å². The minimum Gasteiger partial charge on any atom is -0.459 e. The molecule has 27 heavy (non-hydrogen) atoms. The second-order valence-corrected chi connectivity index (χ2v) is 6.72. The number of guanidine groups is 1. The van der Waals surface area contributed by atoms with Gasteiger partial charge in [0.25, 0.3) is 0 Å². The van der Waals surface area contributed by atoms with Crippen LogP contribution in [0, 0.1) is 18.7 Å². The fraction of sp³-hybridized carbons (Fsp3) is 0.550. The molecular formula is C20H29FIN3O2. The Bertz CT molecular complexity index is 778. The van der Waals surface area contributed by atoms with Gasteiger partial charge in [0.15, 0.2) is 5.96 Å². The molecular weight excluding hydrogens is 460 g/mol. The Morgan fingerprint density at radius 2 is 2.22 bits per heavy atom. The van der Waals surface area contributed by atoms with Crippen LogP contribution in [-0.2, 0) is 11.3 Å². The second-order valence-electron chi connectivity index (χ2n) is 6.72. The van der Waals surface area contributed by atoms with Crippen LogP contribution in [0.2, 0.25) is 0 Å². The smallest absolute Gasteiger partial charge is 0.194 e. The van der Waals surface area contributed by atoms with Gasteiger partial charge in [-0.05, 0) is 45.4 Å². The fourth-order valence-corrected chi connectivity index (χ4v) is 3.41. The lowest BCUT2D eigenvalue weighted by molar-refractivity contribution is 0.114. The largest absolute Gasteiger partial charge is 0.459 e. The molecule has 1 atom stereocenters. The molecule has 7 heteroatoms. The normalized spacial score (nSPS) is 17.4. The minimum atomic E-state index is -0.248. The maximum absolute atomic E-state index is 13.5. The molecule has 1 N–H and O–H groups in total. The molecule has 3 rings (SSSR count). The van der Waals surface area contributed by atoms with Crippen molar-refractivity contribution in [2.75, 3.05) is 32.8 Å². The van der Waals surface area contributed by atoms with Crippen molar-refractivity contribution in [1.82, 2.24) is 10.2 Å². The van der Waals surface area contributed by atoms with Gasteiger partial charge in [0.1, 0.15) is 23.7 Å². The van der Waals surface area contributed by atoms with Gasteiger partial charge < -0.3 is 19.4 Å². The van der Waals surface area contributed by atoms with Crippen molar-refractivity contribution in [2.24, 2.45) is 10.9 Å². The topological polar surface area (TPSA) is 50.0 Å². The number of nitrogens with zero attached hydrogens (tertiary/aromatic N) is 2. The van der Waals surface area contributed by atoms with E-state index < -0.39 is 0 Å². The lowest BCUT2D eigenvalue weighted by atomic mass is 10.1. The van der Waals surface area contributed by atoms with E-state index in [1.807, 2.05) is 13.8 Å². The van der Waals surface area contributed by atoms with Crippen molar-refractivity contribution in [3.8, 4) is 0 Å². The van der Waals surface area contributed by atoms with E-state index in [0.717, 1.165) is 61.9 Å². The zero-order valence-electron chi connectivity index (χ0n) is 16.3. The number of benzene rings is 1. The molecule has 1 aliphatic heterocycles. The van der Waals surface area contributed by atoms with Crippen LogP contribution in [0.1, 0.15) is 31.6 Å². The number of hydrogen-bond donors (Lipinski definition) is 1. The number of hydrogen-bond acceptors (Lipinski definition) is 3. The summed E-state index contributed by atoms with van der Waals surface area (Å²) in [6, 6.07) is 4.62. The molecule has 150 valence electrons. The SMILES string of the molecule is CCNC(=NCc1oc2ccc(F)cc2c1C)N1CCC(COCC)C1.I. The molecule has 5 nitrogen and oxygen atoms in total. The van der Waals surface area contributed by atoms with E-state index in [4.69, 9.17) is 14.1 Å². The van der Waals surface area contributed by atoms with Crippen LogP contribution < -0.4 is 5.32 Å². The maximum Gasteiger partial charge on any atom is 0.194 e. The van der Waals surface area contributed by atoms with Gasteiger partial charge in [-0.25, -0.2) is 9.38 Å². The molecule has 1 aromatic carbocycles. The van der Waals surface area contributed by atoms with E-state index in [2.05, 4.69) is 17.1 Å². The molecule has 0 saturated carbocycles. The number of aliphatic imine (C=N–C) groups is 1. The van der Waals surface area contributed by atoms with E-state index in [1.54, 1.807) is 6.07 Å². The third kappa shape index (κ3) is 5.34. The Hall–Kier alpha value is -1.35. The van der Waals surface area contributed by atoms with E-state index in [9.17, 15) is 4.39 Å². The van der Waals surface area contributed by atoms with Crippen molar-refractivity contribution in [3.63, 3.8) is 0 Å². The standard InChI is InChI=1S/C20H28FN3O2.HI/c1-4-22-20(24-9-8-15(12-24)13-25-5-2)23-11-19-14(3)17-10-16(21)6-7-18(17)26-19;/h6-7,10,15H,4-5,8-9,11-13H2,1-3H3,(H,22,23);1H. The number of furan rings is 1. The molecule has 2 aromatic rings. The highest BCUT2D eigenvalue weighted by Gasteiger charge is 2.25. The average molecular weight is 489 g/mol. The van der Waals surface area contributed by atoms with Gasteiger partial charge in [-0.1, -0.05) is 0 Å². The van der Waals surface area contributed by atoms with E-state index in [0.29, 0.717) is 18.0 Å². The molecule has 0 bridgehead atoms. The van der Waals surface area contributed by atoms with Gasteiger partial charge in [0, 0.05) is 43.1 Å². The zero-order chi connectivity index (χ0) is 18.5. The summed E-state index contributed by atoms with van der Waals surface area (Å²) in [5.74, 6) is 1.99. The lowest BCUT2D eigenvalue weighted by Crippen LogP contribution is -2.40. The Balaban J connectivity index is 0.00000261. The fourth-order valence-electron chi connectivity index (χ4n) is 3.41. The summed E-state index contributed by atoms with van der Waals surface area (Å²) in [4.78, 5) is 7.04. The highest BCUT2D eigenvalue weighted by atomic mass is 127. The highest BCUT2D eigenvalue weighted by molar-refractivity contribution is 14.0. The summed E-state index contributed by atoms with van der Waals surface area (Å²) in [6.07, 6.45) is 1.12. The van der Waals surface area contributed by atoms with Crippen molar-refractivity contribution >= 4 is 40.9 Å². The van der Waals surface area contributed by atoms with Gasteiger partial charge in [0.05, 0.1) is 6.61 Å². The average Bonchev–Trinajstić information content (AvgIpc) is 3.22. The second kappa shape index (κ2) is 10.3. The molecule has 0 aliphatic carbocycles. The maximum atomic E-state index is 13.5. The van der Waals surface area contributed by atoms with Gasteiger partial charge in [-0.3, -0.25) is 0 Å². The number of likely N-dealkylation sites (tertiary alicyclic amines) is 1. The summed E-state index contributed by atoms with van der Waals surface area (Å²) in [7, 11) is 0. The first kappa shape index (κ1) is 21.9. The predicted molar refractivity (Wildman–Crippen MR) is 117 cm³/mol. The zero-order valence-corrected chi connectivity index (χ0v) is 18.6. The van der Waals surface area contributed by atoms with E-state index in [-0.39, 0.29) is 29.8 Å². The number of rotatable bonds is 6. The molecule has 0 amide bonds. The van der Waals surface area contributed by atoms with Crippen LogP contribution in [0.15, 0.2) is 27.6 Å². The Kier molecular flexibility index (Phi) is 8.34. The molecule has 0 radical (unpaired) electrons. The number of nitrogens with one attached hydrogen (secondary N) is 1. The van der Waals surface area contributed by atoms with Crippen LogP contribution in [-0.4, -0.2) is 43.7 Å². The molecule has 1 aliphatic rings. The Labute approximate surface area is 177 Å². The summed E-state index contributed by atoms with van der Waals surface area (Å²) in [5, 5.41) is 4.18. The molecule has 1 fully saturated rings. The van der Waals surface area contributed by atoms with E-state index >= 15 is 0 Å². The molecule has 2 heterocycles. The van der Waals surface area contributed by atoms with Crippen LogP contribution >= 0.6 is 24.0 Å². The van der Waals surface area contributed by atoms with E-state index in [1.165, 1.54) is 12.1 Å². The first-order chi connectivity index (χ1) is 12.6. The third-order valence-electron chi connectivity index (χ3n) is 4.85. The monoisotopic (exact) mass is 489 g/mol. The van der Waals surface area contributed by atoms with Crippen molar-refractivity contribution in [2.45, 2.75) is 33.7 Å². The number of aryl methyl sites for hydroxylation is 1. The van der Waals surface area contributed by atoms with Crippen molar-refractivity contribution < 1.29 is 13.5 Å². The van der Waals surface area contributed by atoms with Crippen LogP contribution in [0.25, 0.3) is 11.0 Å². The first-order valence-corrected chi connectivity index (χ1v) is 9.40. The predicted octanol–water partition coefficient (Wildman–Crippen LogP) is 4.32. The Morgan fingerprint density at radius 1 is 1.41 bits per heavy atom. The van der Waals surface area contributed by atoms with Gasteiger partial charge in [0.2, 0.25) is 0 Å². The summed E-state index contributed by atoms with van der Waals surface area (Å²) >= 11 is 0. The quantitative estimate of drug-likeness (QED) is 0.373. The van der Waals surface area contributed by atoms with Crippen LogP contribution in [0.3, 0.4) is 0 Å². The van der Waals surface area contributed by atoms with Gasteiger partial charge in [-0.15, -0.1) is 24.0 Å².